The molecule has 22 heavy (non-hydrogen) atoms. The van der Waals surface area contributed by atoms with Gasteiger partial charge in [0.25, 0.3) is 0 Å². The Morgan fingerprint density at radius 1 is 0.727 bits per heavy atom. The molecule has 0 unspecified atom stereocenters. The van der Waals surface area contributed by atoms with Crippen LogP contribution >= 0.6 is 0 Å². The number of fused-ring (bicyclic) bond motifs is 5. The molecule has 0 aliphatic heterocycles. The predicted molar refractivity (Wildman–Crippen MR) is 86.5 cm³/mol. The lowest BCUT2D eigenvalue weighted by molar-refractivity contribution is 0.799. The number of aromatic amines is 1. The third-order valence-corrected chi connectivity index (χ3v) is 4.84. The van der Waals surface area contributed by atoms with Crippen molar-refractivity contribution in [1.29, 1.82) is 0 Å². The molecule has 2 aliphatic rings. The summed E-state index contributed by atoms with van der Waals surface area (Å²) in [6.07, 6.45) is 13.4. The first-order valence-corrected chi connectivity index (χ1v) is 7.66. The van der Waals surface area contributed by atoms with E-state index >= 15 is 0 Å². The molecule has 3 heterocycles. The van der Waals surface area contributed by atoms with Gasteiger partial charge in [-0.25, -0.2) is 0 Å². The Kier molecular flexibility index (Phi) is 2.39. The molecule has 0 fully saturated rings. The molecule has 0 saturated carbocycles. The summed E-state index contributed by atoms with van der Waals surface area (Å²) in [5.41, 5.74) is 7.89. The number of rotatable bonds is 2. The fourth-order valence-electron chi connectivity index (χ4n) is 3.92. The summed E-state index contributed by atoms with van der Waals surface area (Å²) in [4.78, 5) is 12.0. The second-order valence-corrected chi connectivity index (χ2v) is 6.01. The van der Waals surface area contributed by atoms with Gasteiger partial charge in [-0.05, 0) is 41.8 Å². The van der Waals surface area contributed by atoms with E-state index < -0.39 is 0 Å². The van der Waals surface area contributed by atoms with E-state index in [1.807, 2.05) is 24.8 Å². The maximum absolute atomic E-state index is 4.14. The Hall–Kier alpha value is -2.68. The van der Waals surface area contributed by atoms with Crippen LogP contribution in [0.15, 0.2) is 61.2 Å². The first-order chi connectivity index (χ1) is 10.9. The molecule has 3 aromatic heterocycles. The minimum Gasteiger partial charge on any atom is -0.354 e. The second-order valence-electron chi connectivity index (χ2n) is 6.01. The maximum Gasteiger partial charge on any atom is 0.0501 e. The molecule has 3 aromatic rings. The highest BCUT2D eigenvalue weighted by Crippen LogP contribution is 2.55. The molecule has 2 aliphatic carbocycles. The van der Waals surface area contributed by atoms with Crippen LogP contribution in [0.2, 0.25) is 0 Å². The zero-order chi connectivity index (χ0) is 14.5. The zero-order valence-corrected chi connectivity index (χ0v) is 12.0. The molecule has 2 atom stereocenters. The minimum absolute atomic E-state index is 0.551. The summed E-state index contributed by atoms with van der Waals surface area (Å²) in [7, 11) is 0. The fraction of sp³-hybridized carbons (Fsp3) is 0.158. The number of pyridine rings is 2. The minimum atomic E-state index is 0.551. The van der Waals surface area contributed by atoms with Crippen LogP contribution in [0, 0.1) is 0 Å². The molecule has 1 N–H and O–H groups in total. The number of hydrogen-bond donors (Lipinski definition) is 1. The van der Waals surface area contributed by atoms with E-state index in [4.69, 9.17) is 0 Å². The van der Waals surface area contributed by atoms with Crippen molar-refractivity contribution >= 4 is 0 Å². The van der Waals surface area contributed by atoms with Crippen LogP contribution in [0.5, 0.6) is 0 Å². The molecule has 0 radical (unpaired) electrons. The van der Waals surface area contributed by atoms with E-state index in [-0.39, 0.29) is 0 Å². The summed E-state index contributed by atoms with van der Waals surface area (Å²) < 4.78 is 0. The highest BCUT2D eigenvalue weighted by molar-refractivity contribution is 5.79. The van der Waals surface area contributed by atoms with Gasteiger partial charge in [0.15, 0.2) is 0 Å². The number of nitrogens with zero attached hydrogens (tertiary/aromatic N) is 2. The summed E-state index contributed by atoms with van der Waals surface area (Å²) in [6, 6.07) is 8.33. The lowest BCUT2D eigenvalue weighted by Gasteiger charge is -2.08. The Balaban J connectivity index is 1.78. The molecular formula is C19H15N3. The number of H-pyrrole nitrogens is 1. The predicted octanol–water partition coefficient (Wildman–Crippen LogP) is 4.28. The van der Waals surface area contributed by atoms with Gasteiger partial charge in [0, 0.05) is 47.8 Å². The van der Waals surface area contributed by atoms with Crippen molar-refractivity contribution < 1.29 is 0 Å². The van der Waals surface area contributed by atoms with Gasteiger partial charge in [0.05, 0.1) is 11.4 Å². The van der Waals surface area contributed by atoms with Gasteiger partial charge in [-0.15, -0.1) is 0 Å². The number of aromatic nitrogens is 3. The molecule has 106 valence electrons. The standard InChI is InChI=1S/C19H15N3/c1-2-15-11-14(1)16-17(15)19(13-5-9-21-10-6-13)22-18(16)12-3-7-20-8-4-12/h1-10,14-15,22H,11H2/t14-,15-/m0/s1. The Bertz CT molecular complexity index is 792. The zero-order valence-electron chi connectivity index (χ0n) is 12.0. The van der Waals surface area contributed by atoms with Gasteiger partial charge in [-0.2, -0.15) is 0 Å². The largest absolute Gasteiger partial charge is 0.354 e. The smallest absolute Gasteiger partial charge is 0.0501 e. The second kappa shape index (κ2) is 4.41. The molecule has 0 amide bonds. The number of hydrogen-bond acceptors (Lipinski definition) is 2. The number of nitrogens with one attached hydrogen (secondary N) is 1. The molecule has 0 aromatic carbocycles. The van der Waals surface area contributed by atoms with Crippen molar-refractivity contribution in [1.82, 2.24) is 15.0 Å². The maximum atomic E-state index is 4.14. The number of allylic oxidation sites excluding steroid dienone is 2. The SMILES string of the molecule is C1=C[C@H]2C[C@H]1c1c(-c3ccncc3)[nH]c(-c3ccncc3)c12. The van der Waals surface area contributed by atoms with E-state index in [1.54, 1.807) is 0 Å². The summed E-state index contributed by atoms with van der Waals surface area (Å²) >= 11 is 0. The highest BCUT2D eigenvalue weighted by atomic mass is 14.8. The van der Waals surface area contributed by atoms with Crippen LogP contribution in [0.4, 0.5) is 0 Å². The van der Waals surface area contributed by atoms with Gasteiger partial charge >= 0.3 is 0 Å². The van der Waals surface area contributed by atoms with Crippen LogP contribution in [0.1, 0.15) is 29.4 Å². The summed E-state index contributed by atoms with van der Waals surface area (Å²) in [5, 5.41) is 0. The van der Waals surface area contributed by atoms with Crippen molar-refractivity contribution in [3.05, 3.63) is 72.3 Å². The first kappa shape index (κ1) is 11.9. The fourth-order valence-corrected chi connectivity index (χ4v) is 3.92. The Labute approximate surface area is 128 Å². The average Bonchev–Trinajstić information content (AvgIpc) is 3.29. The van der Waals surface area contributed by atoms with Crippen LogP contribution in [-0.2, 0) is 0 Å². The lowest BCUT2D eigenvalue weighted by Crippen LogP contribution is -1.91. The molecule has 0 spiro atoms. The van der Waals surface area contributed by atoms with Crippen LogP contribution < -0.4 is 0 Å². The summed E-state index contributed by atoms with van der Waals surface area (Å²) in [6.45, 7) is 0. The van der Waals surface area contributed by atoms with Crippen LogP contribution in [0.3, 0.4) is 0 Å². The third kappa shape index (κ3) is 1.56. The van der Waals surface area contributed by atoms with Gasteiger partial charge in [-0.3, -0.25) is 9.97 Å². The van der Waals surface area contributed by atoms with Crippen molar-refractivity contribution in [3.8, 4) is 22.5 Å². The molecule has 5 rings (SSSR count). The van der Waals surface area contributed by atoms with Crippen molar-refractivity contribution in [2.45, 2.75) is 18.3 Å². The third-order valence-electron chi connectivity index (χ3n) is 4.84. The van der Waals surface area contributed by atoms with E-state index in [0.717, 1.165) is 0 Å². The lowest BCUT2D eigenvalue weighted by atomic mass is 9.94. The van der Waals surface area contributed by atoms with E-state index in [2.05, 4.69) is 51.4 Å². The quantitative estimate of drug-likeness (QED) is 0.714. The van der Waals surface area contributed by atoms with Crippen molar-refractivity contribution in [3.63, 3.8) is 0 Å². The molecule has 2 bridgehead atoms. The Morgan fingerprint density at radius 3 is 1.64 bits per heavy atom. The Morgan fingerprint density at radius 2 is 1.18 bits per heavy atom. The van der Waals surface area contributed by atoms with Gasteiger partial charge < -0.3 is 4.98 Å². The van der Waals surface area contributed by atoms with Gasteiger partial charge in [0.2, 0.25) is 0 Å². The molecule has 3 heteroatoms. The first-order valence-electron chi connectivity index (χ1n) is 7.66. The van der Waals surface area contributed by atoms with Gasteiger partial charge in [-0.1, -0.05) is 12.2 Å². The van der Waals surface area contributed by atoms with Crippen LogP contribution in [0.25, 0.3) is 22.5 Å². The molecule has 0 saturated heterocycles. The van der Waals surface area contributed by atoms with E-state index in [9.17, 15) is 0 Å². The molecule has 3 nitrogen and oxygen atoms in total. The van der Waals surface area contributed by atoms with Crippen LogP contribution in [-0.4, -0.2) is 15.0 Å². The van der Waals surface area contributed by atoms with E-state index in [1.165, 1.54) is 40.1 Å². The molecular weight excluding hydrogens is 270 g/mol. The average molecular weight is 285 g/mol. The van der Waals surface area contributed by atoms with Crippen molar-refractivity contribution in [2.24, 2.45) is 0 Å². The normalized spacial score (nSPS) is 21.3. The summed E-state index contributed by atoms with van der Waals surface area (Å²) in [5.74, 6) is 1.10. The monoisotopic (exact) mass is 285 g/mol. The van der Waals surface area contributed by atoms with E-state index in [0.29, 0.717) is 11.8 Å². The van der Waals surface area contributed by atoms with Crippen molar-refractivity contribution in [2.75, 3.05) is 0 Å². The van der Waals surface area contributed by atoms with Gasteiger partial charge in [0.1, 0.15) is 0 Å². The highest BCUT2D eigenvalue weighted by Gasteiger charge is 2.38. The topological polar surface area (TPSA) is 41.6 Å².